The lowest BCUT2D eigenvalue weighted by Gasteiger charge is -2.33. The van der Waals surface area contributed by atoms with Crippen molar-refractivity contribution in [3.05, 3.63) is 0 Å². The number of hydrogen-bond acceptors (Lipinski definition) is 3. The Kier molecular flexibility index (Phi) is 5.85. The molecule has 1 amide bonds. The van der Waals surface area contributed by atoms with Gasteiger partial charge in [-0.05, 0) is 19.3 Å². The molecule has 0 aliphatic rings. The second kappa shape index (κ2) is 6.35. The molecule has 0 heterocycles. The lowest BCUT2D eigenvalue weighted by atomic mass is 9.79. The minimum Gasteiger partial charge on any atom is -0.409 e. The van der Waals surface area contributed by atoms with Crippen LogP contribution in [-0.2, 0) is 4.79 Å². The summed E-state index contributed by atoms with van der Waals surface area (Å²) in [4.78, 5) is 13.9. The highest BCUT2D eigenvalue weighted by Gasteiger charge is 2.41. The Hall–Kier alpha value is -1.26. The van der Waals surface area contributed by atoms with Gasteiger partial charge in [0.05, 0.1) is 0 Å². The van der Waals surface area contributed by atoms with E-state index in [1.165, 1.54) is 0 Å². The first-order valence-corrected chi connectivity index (χ1v) is 5.73. The molecular formula is C11H23N3O2. The van der Waals surface area contributed by atoms with E-state index in [1.54, 1.807) is 11.9 Å². The lowest BCUT2D eigenvalue weighted by molar-refractivity contribution is -0.137. The summed E-state index contributed by atoms with van der Waals surface area (Å²) in [5.74, 6) is -0.0693. The fourth-order valence-corrected chi connectivity index (χ4v) is 1.92. The van der Waals surface area contributed by atoms with Crippen LogP contribution in [0.4, 0.5) is 0 Å². The molecule has 94 valence electrons. The van der Waals surface area contributed by atoms with Crippen LogP contribution in [0.15, 0.2) is 5.16 Å². The van der Waals surface area contributed by atoms with Gasteiger partial charge in [0.2, 0.25) is 5.91 Å². The summed E-state index contributed by atoms with van der Waals surface area (Å²) >= 11 is 0. The zero-order valence-electron chi connectivity index (χ0n) is 10.7. The van der Waals surface area contributed by atoms with Crippen molar-refractivity contribution >= 4 is 11.7 Å². The molecular weight excluding hydrogens is 206 g/mol. The number of oxime groups is 1. The van der Waals surface area contributed by atoms with Gasteiger partial charge in [-0.3, -0.25) is 4.79 Å². The molecule has 0 aromatic rings. The van der Waals surface area contributed by atoms with Gasteiger partial charge in [-0.15, -0.1) is 0 Å². The van der Waals surface area contributed by atoms with Crippen molar-refractivity contribution in [3.63, 3.8) is 0 Å². The standard InChI is InChI=1S/C11H23N3O2/c1-5-8-14(4)10(15)11(6-2,7-3)9(12)13-16/h16H,5-8H2,1-4H3,(H2,12,13). The predicted molar refractivity (Wildman–Crippen MR) is 64.4 cm³/mol. The quantitative estimate of drug-likeness (QED) is 0.313. The number of amidine groups is 1. The molecule has 0 bridgehead atoms. The normalized spacial score (nSPS) is 12.6. The van der Waals surface area contributed by atoms with E-state index in [1.807, 2.05) is 20.8 Å². The fourth-order valence-electron chi connectivity index (χ4n) is 1.92. The van der Waals surface area contributed by atoms with E-state index >= 15 is 0 Å². The Morgan fingerprint density at radius 3 is 2.19 bits per heavy atom. The zero-order chi connectivity index (χ0) is 12.8. The van der Waals surface area contributed by atoms with Crippen molar-refractivity contribution in [2.75, 3.05) is 13.6 Å². The third kappa shape index (κ3) is 2.65. The molecule has 0 saturated heterocycles. The van der Waals surface area contributed by atoms with Gasteiger partial charge in [-0.25, -0.2) is 0 Å². The molecule has 0 radical (unpaired) electrons. The van der Waals surface area contributed by atoms with E-state index in [0.29, 0.717) is 19.4 Å². The summed E-state index contributed by atoms with van der Waals surface area (Å²) in [6, 6.07) is 0. The summed E-state index contributed by atoms with van der Waals surface area (Å²) in [5, 5.41) is 11.8. The summed E-state index contributed by atoms with van der Waals surface area (Å²) < 4.78 is 0. The van der Waals surface area contributed by atoms with E-state index in [4.69, 9.17) is 10.9 Å². The molecule has 0 spiro atoms. The van der Waals surface area contributed by atoms with Gasteiger partial charge in [0.15, 0.2) is 5.84 Å². The van der Waals surface area contributed by atoms with Gasteiger partial charge >= 0.3 is 0 Å². The third-order valence-electron chi connectivity index (χ3n) is 3.12. The van der Waals surface area contributed by atoms with Crippen LogP contribution in [0, 0.1) is 5.41 Å². The van der Waals surface area contributed by atoms with Crippen LogP contribution < -0.4 is 5.73 Å². The van der Waals surface area contributed by atoms with Crippen LogP contribution in [0.1, 0.15) is 40.0 Å². The monoisotopic (exact) mass is 229 g/mol. The van der Waals surface area contributed by atoms with Crippen LogP contribution in [0.5, 0.6) is 0 Å². The molecule has 0 aliphatic carbocycles. The number of nitrogens with two attached hydrogens (primary N) is 1. The number of nitrogens with zero attached hydrogens (tertiary/aromatic N) is 2. The third-order valence-corrected chi connectivity index (χ3v) is 3.12. The van der Waals surface area contributed by atoms with Crippen LogP contribution in [-0.4, -0.2) is 35.4 Å². The molecule has 0 aromatic heterocycles. The van der Waals surface area contributed by atoms with Gasteiger partial charge in [-0.2, -0.15) is 0 Å². The minimum absolute atomic E-state index is 0.00505. The van der Waals surface area contributed by atoms with Crippen molar-refractivity contribution in [3.8, 4) is 0 Å². The minimum atomic E-state index is -0.862. The van der Waals surface area contributed by atoms with Gasteiger partial charge in [0.25, 0.3) is 0 Å². The van der Waals surface area contributed by atoms with Crippen molar-refractivity contribution in [1.29, 1.82) is 0 Å². The Balaban J connectivity index is 5.12. The second-order valence-corrected chi connectivity index (χ2v) is 4.00. The molecule has 0 aliphatic heterocycles. The maximum Gasteiger partial charge on any atom is 0.236 e. The van der Waals surface area contributed by atoms with Gasteiger partial charge < -0.3 is 15.8 Å². The molecule has 0 saturated carbocycles. The molecule has 0 fully saturated rings. The molecule has 0 unspecified atom stereocenters. The van der Waals surface area contributed by atoms with E-state index in [2.05, 4.69) is 5.16 Å². The molecule has 16 heavy (non-hydrogen) atoms. The SMILES string of the molecule is CCCN(C)C(=O)C(CC)(CC)C(N)=NO. The number of rotatable bonds is 6. The molecule has 0 atom stereocenters. The van der Waals surface area contributed by atoms with Crippen molar-refractivity contribution < 1.29 is 10.0 Å². The maximum absolute atomic E-state index is 12.3. The van der Waals surface area contributed by atoms with Crippen LogP contribution in [0.25, 0.3) is 0 Å². The lowest BCUT2D eigenvalue weighted by Crippen LogP contribution is -2.50. The molecule has 3 N–H and O–H groups in total. The number of carbonyl (C=O) groups is 1. The van der Waals surface area contributed by atoms with E-state index in [-0.39, 0.29) is 11.7 Å². The van der Waals surface area contributed by atoms with Crippen molar-refractivity contribution in [2.24, 2.45) is 16.3 Å². The average Bonchev–Trinajstić information content (AvgIpc) is 2.30. The fraction of sp³-hybridized carbons (Fsp3) is 0.818. The number of hydrogen-bond donors (Lipinski definition) is 2. The number of carbonyl (C=O) groups excluding carboxylic acids is 1. The molecule has 5 heteroatoms. The molecule has 5 nitrogen and oxygen atoms in total. The average molecular weight is 229 g/mol. The van der Waals surface area contributed by atoms with Gasteiger partial charge in [-0.1, -0.05) is 25.9 Å². The highest BCUT2D eigenvalue weighted by atomic mass is 16.4. The van der Waals surface area contributed by atoms with E-state index < -0.39 is 5.41 Å². The van der Waals surface area contributed by atoms with Crippen LogP contribution >= 0.6 is 0 Å². The van der Waals surface area contributed by atoms with Gasteiger partial charge in [0.1, 0.15) is 5.41 Å². The first kappa shape index (κ1) is 14.7. The predicted octanol–water partition coefficient (Wildman–Crippen LogP) is 1.41. The number of amides is 1. The first-order valence-electron chi connectivity index (χ1n) is 5.73. The molecule has 0 rings (SSSR count). The summed E-state index contributed by atoms with van der Waals surface area (Å²) in [6.45, 7) is 6.44. The van der Waals surface area contributed by atoms with Crippen LogP contribution in [0.2, 0.25) is 0 Å². The zero-order valence-corrected chi connectivity index (χ0v) is 10.7. The van der Waals surface area contributed by atoms with Gasteiger partial charge in [0, 0.05) is 13.6 Å². The Bertz CT molecular complexity index is 260. The topological polar surface area (TPSA) is 78.9 Å². The summed E-state index contributed by atoms with van der Waals surface area (Å²) in [6.07, 6.45) is 1.96. The van der Waals surface area contributed by atoms with E-state index in [0.717, 1.165) is 6.42 Å². The van der Waals surface area contributed by atoms with Crippen molar-refractivity contribution in [1.82, 2.24) is 4.90 Å². The Labute approximate surface area is 97.3 Å². The molecule has 0 aromatic carbocycles. The highest BCUT2D eigenvalue weighted by molar-refractivity contribution is 6.06. The van der Waals surface area contributed by atoms with Crippen LogP contribution in [0.3, 0.4) is 0 Å². The first-order chi connectivity index (χ1) is 7.49. The largest absolute Gasteiger partial charge is 0.409 e. The smallest absolute Gasteiger partial charge is 0.236 e. The highest BCUT2D eigenvalue weighted by Crippen LogP contribution is 2.29. The summed E-state index contributed by atoms with van der Waals surface area (Å²) in [5.41, 5.74) is 4.80. The maximum atomic E-state index is 12.3. The second-order valence-electron chi connectivity index (χ2n) is 4.00. The summed E-state index contributed by atoms with van der Waals surface area (Å²) in [7, 11) is 1.75. The van der Waals surface area contributed by atoms with Crippen molar-refractivity contribution in [2.45, 2.75) is 40.0 Å². The van der Waals surface area contributed by atoms with E-state index in [9.17, 15) is 4.79 Å². The Morgan fingerprint density at radius 1 is 1.38 bits per heavy atom. The Morgan fingerprint density at radius 2 is 1.88 bits per heavy atom.